The number of halogens is 4. The zero-order valence-electron chi connectivity index (χ0n) is 10.1. The van der Waals surface area contributed by atoms with Crippen LogP contribution in [0, 0.1) is 5.82 Å². The van der Waals surface area contributed by atoms with Gasteiger partial charge in [0.05, 0.1) is 5.92 Å². The minimum absolute atomic E-state index is 0.0125. The maximum absolute atomic E-state index is 13.0. The van der Waals surface area contributed by atoms with Crippen molar-refractivity contribution in [1.82, 2.24) is 0 Å². The highest BCUT2D eigenvalue weighted by Crippen LogP contribution is 2.38. The first-order chi connectivity index (χ1) is 8.21. The Balaban J connectivity index is 3.03. The molecule has 1 aromatic carbocycles. The first-order valence-electron chi connectivity index (χ1n) is 5.46. The van der Waals surface area contributed by atoms with Crippen molar-refractivity contribution in [3.05, 3.63) is 29.6 Å². The molecule has 0 unspecified atom stereocenters. The van der Waals surface area contributed by atoms with E-state index in [2.05, 4.69) is 0 Å². The molecule has 0 aliphatic heterocycles. The van der Waals surface area contributed by atoms with E-state index in [1.54, 1.807) is 6.92 Å². The van der Waals surface area contributed by atoms with Crippen LogP contribution in [0.1, 0.15) is 25.3 Å². The van der Waals surface area contributed by atoms with Gasteiger partial charge < -0.3 is 10.5 Å². The number of nitrogens with two attached hydrogens (primary N) is 1. The topological polar surface area (TPSA) is 35.2 Å². The van der Waals surface area contributed by atoms with E-state index < -0.39 is 17.9 Å². The van der Waals surface area contributed by atoms with Crippen molar-refractivity contribution in [2.45, 2.75) is 32.0 Å². The second-order valence-electron chi connectivity index (χ2n) is 4.23. The van der Waals surface area contributed by atoms with Crippen molar-refractivity contribution in [3.63, 3.8) is 0 Å². The van der Waals surface area contributed by atoms with Crippen LogP contribution in [0.2, 0.25) is 0 Å². The van der Waals surface area contributed by atoms with Gasteiger partial charge in [-0.05, 0) is 32.0 Å². The van der Waals surface area contributed by atoms with Gasteiger partial charge in [0.25, 0.3) is 0 Å². The molecule has 2 nitrogen and oxygen atoms in total. The lowest BCUT2D eigenvalue weighted by Gasteiger charge is -2.20. The molecule has 0 saturated carbocycles. The van der Waals surface area contributed by atoms with E-state index in [0.29, 0.717) is 0 Å². The van der Waals surface area contributed by atoms with Crippen molar-refractivity contribution in [3.8, 4) is 5.75 Å². The molecule has 0 spiro atoms. The van der Waals surface area contributed by atoms with Gasteiger partial charge in [-0.25, -0.2) is 4.39 Å². The van der Waals surface area contributed by atoms with Gasteiger partial charge in [-0.3, -0.25) is 0 Å². The molecule has 2 atom stereocenters. The third-order valence-corrected chi connectivity index (χ3v) is 2.43. The van der Waals surface area contributed by atoms with Gasteiger partial charge in [0.2, 0.25) is 0 Å². The Morgan fingerprint density at radius 1 is 1.28 bits per heavy atom. The smallest absolute Gasteiger partial charge is 0.395 e. The van der Waals surface area contributed by atoms with Gasteiger partial charge in [-0.2, -0.15) is 13.2 Å². The summed E-state index contributed by atoms with van der Waals surface area (Å²) < 4.78 is 56.2. The first kappa shape index (κ1) is 14.8. The minimum atomic E-state index is -4.44. The molecule has 6 heteroatoms. The molecular formula is C12H15F4NO. The molecule has 1 aromatic rings. The average molecular weight is 265 g/mol. The Bertz CT molecular complexity index is 404. The Morgan fingerprint density at radius 3 is 2.39 bits per heavy atom. The third kappa shape index (κ3) is 3.87. The average Bonchev–Trinajstić information content (AvgIpc) is 2.24. The molecule has 0 heterocycles. The van der Waals surface area contributed by atoms with Crippen LogP contribution in [0.3, 0.4) is 0 Å². The second kappa shape index (κ2) is 5.56. The van der Waals surface area contributed by atoms with E-state index >= 15 is 0 Å². The second-order valence-corrected chi connectivity index (χ2v) is 4.23. The van der Waals surface area contributed by atoms with Gasteiger partial charge in [-0.15, -0.1) is 0 Å². The van der Waals surface area contributed by atoms with Crippen LogP contribution in [-0.2, 0) is 0 Å². The number of rotatable bonds is 4. The molecular weight excluding hydrogens is 250 g/mol. The SMILES string of the molecule is C[C@H](N)COc1ccc(F)cc1[C@@H](C)C(F)(F)F. The summed E-state index contributed by atoms with van der Waals surface area (Å²) in [6, 6.07) is 2.77. The number of hydrogen-bond donors (Lipinski definition) is 1. The van der Waals surface area contributed by atoms with Crippen LogP contribution in [0.15, 0.2) is 18.2 Å². The predicted molar refractivity (Wildman–Crippen MR) is 60.0 cm³/mol. The van der Waals surface area contributed by atoms with Crippen LogP contribution in [-0.4, -0.2) is 18.8 Å². The van der Waals surface area contributed by atoms with Crippen molar-refractivity contribution >= 4 is 0 Å². The maximum Gasteiger partial charge on any atom is 0.395 e. The van der Waals surface area contributed by atoms with Crippen molar-refractivity contribution < 1.29 is 22.3 Å². The molecule has 18 heavy (non-hydrogen) atoms. The van der Waals surface area contributed by atoms with Gasteiger partial charge in [0.15, 0.2) is 0 Å². The lowest BCUT2D eigenvalue weighted by atomic mass is 9.99. The summed E-state index contributed by atoms with van der Waals surface area (Å²) >= 11 is 0. The van der Waals surface area contributed by atoms with E-state index in [-0.39, 0.29) is 24.0 Å². The highest BCUT2D eigenvalue weighted by molar-refractivity contribution is 5.37. The van der Waals surface area contributed by atoms with Crippen LogP contribution >= 0.6 is 0 Å². The van der Waals surface area contributed by atoms with E-state index in [9.17, 15) is 17.6 Å². The third-order valence-electron chi connectivity index (χ3n) is 2.43. The molecule has 0 aromatic heterocycles. The van der Waals surface area contributed by atoms with Gasteiger partial charge in [0, 0.05) is 11.6 Å². The van der Waals surface area contributed by atoms with Crippen LogP contribution in [0.5, 0.6) is 5.75 Å². The predicted octanol–water partition coefficient (Wildman–Crippen LogP) is 3.22. The monoisotopic (exact) mass is 265 g/mol. The summed E-state index contributed by atoms with van der Waals surface area (Å²) in [4.78, 5) is 0. The standard InChI is InChI=1S/C12H15F4NO/c1-7(17)6-18-11-4-3-9(13)5-10(11)8(2)12(14,15)16/h3-5,7-8H,6,17H2,1-2H3/t7-,8+/m0/s1. The fourth-order valence-electron chi connectivity index (χ4n) is 1.39. The van der Waals surface area contributed by atoms with Crippen molar-refractivity contribution in [2.75, 3.05) is 6.61 Å². The van der Waals surface area contributed by atoms with E-state index in [4.69, 9.17) is 10.5 Å². The molecule has 0 bridgehead atoms. The summed E-state index contributed by atoms with van der Waals surface area (Å²) in [5.74, 6) is -2.51. The summed E-state index contributed by atoms with van der Waals surface area (Å²) in [5.41, 5.74) is 5.24. The molecule has 102 valence electrons. The normalized spacial score (nSPS) is 15.3. The van der Waals surface area contributed by atoms with E-state index in [1.807, 2.05) is 0 Å². The first-order valence-corrected chi connectivity index (χ1v) is 5.46. The number of alkyl halides is 3. The van der Waals surface area contributed by atoms with Gasteiger partial charge in [0.1, 0.15) is 18.2 Å². The number of hydrogen-bond acceptors (Lipinski definition) is 2. The Morgan fingerprint density at radius 2 is 1.89 bits per heavy atom. The molecule has 1 rings (SSSR count). The highest BCUT2D eigenvalue weighted by Gasteiger charge is 2.38. The quantitative estimate of drug-likeness (QED) is 0.848. The van der Waals surface area contributed by atoms with Crippen molar-refractivity contribution in [1.29, 1.82) is 0 Å². The molecule has 0 saturated heterocycles. The van der Waals surface area contributed by atoms with Crippen LogP contribution in [0.4, 0.5) is 17.6 Å². The van der Waals surface area contributed by atoms with Crippen molar-refractivity contribution in [2.24, 2.45) is 5.73 Å². The molecule has 2 N–H and O–H groups in total. The largest absolute Gasteiger partial charge is 0.492 e. The minimum Gasteiger partial charge on any atom is -0.492 e. The number of benzene rings is 1. The Kier molecular flexibility index (Phi) is 4.56. The molecule has 0 amide bonds. The number of ether oxygens (including phenoxy) is 1. The maximum atomic E-state index is 13.0. The zero-order valence-corrected chi connectivity index (χ0v) is 10.1. The van der Waals surface area contributed by atoms with E-state index in [1.165, 1.54) is 6.07 Å². The molecule has 0 fully saturated rings. The van der Waals surface area contributed by atoms with Crippen LogP contribution in [0.25, 0.3) is 0 Å². The summed E-state index contributed by atoms with van der Waals surface area (Å²) in [7, 11) is 0. The summed E-state index contributed by atoms with van der Waals surface area (Å²) in [6.45, 7) is 2.70. The van der Waals surface area contributed by atoms with Gasteiger partial charge >= 0.3 is 6.18 Å². The highest BCUT2D eigenvalue weighted by atomic mass is 19.4. The Labute approximate surface area is 103 Å². The van der Waals surface area contributed by atoms with Crippen LogP contribution < -0.4 is 10.5 Å². The fourth-order valence-corrected chi connectivity index (χ4v) is 1.39. The molecule has 0 aliphatic rings. The van der Waals surface area contributed by atoms with E-state index in [0.717, 1.165) is 19.1 Å². The summed E-state index contributed by atoms with van der Waals surface area (Å²) in [6.07, 6.45) is -4.44. The zero-order chi connectivity index (χ0) is 13.9. The molecule has 0 radical (unpaired) electrons. The molecule has 0 aliphatic carbocycles. The lowest BCUT2D eigenvalue weighted by Crippen LogP contribution is -2.25. The fraction of sp³-hybridized carbons (Fsp3) is 0.500. The lowest BCUT2D eigenvalue weighted by molar-refractivity contribution is -0.146. The Hall–Kier alpha value is -1.30. The summed E-state index contributed by atoms with van der Waals surface area (Å²) in [5, 5.41) is 0. The van der Waals surface area contributed by atoms with Gasteiger partial charge in [-0.1, -0.05) is 0 Å².